The number of rotatable bonds is 6. The number of para-hydroxylation sites is 1. The predicted molar refractivity (Wildman–Crippen MR) is 107 cm³/mol. The fraction of sp³-hybridized carbons (Fsp3) is 0.130. The van der Waals surface area contributed by atoms with Crippen LogP contribution < -0.4 is 9.47 Å². The van der Waals surface area contributed by atoms with Gasteiger partial charge in [-0.25, -0.2) is 0 Å². The highest BCUT2D eigenvalue weighted by Crippen LogP contribution is 2.29. The van der Waals surface area contributed by atoms with Crippen molar-refractivity contribution in [2.45, 2.75) is 6.10 Å². The molecule has 27 heavy (non-hydrogen) atoms. The fourth-order valence-electron chi connectivity index (χ4n) is 2.81. The molecule has 0 aromatic heterocycles. The second kappa shape index (κ2) is 8.43. The zero-order valence-corrected chi connectivity index (χ0v) is 15.3. The van der Waals surface area contributed by atoms with E-state index in [9.17, 15) is 10.2 Å². The van der Waals surface area contributed by atoms with Crippen LogP contribution in [0.4, 0.5) is 0 Å². The highest BCUT2D eigenvalue weighted by Gasteiger charge is 2.13. The number of aromatic hydroxyl groups is 1. The molecule has 0 aliphatic rings. The molecule has 0 aliphatic heterocycles. The topological polar surface area (TPSA) is 58.9 Å². The SMILES string of the molecule is COc1cc(C=Cc2ccc(C(O)c3ccccc3O)cc2)cc(OC)c1. The van der Waals surface area contributed by atoms with Crippen molar-refractivity contribution in [1.82, 2.24) is 0 Å². The van der Waals surface area contributed by atoms with E-state index in [-0.39, 0.29) is 5.75 Å². The van der Waals surface area contributed by atoms with E-state index in [2.05, 4.69) is 0 Å². The number of phenolic OH excluding ortho intramolecular Hbond substituents is 1. The minimum Gasteiger partial charge on any atom is -0.508 e. The Labute approximate surface area is 158 Å². The quantitative estimate of drug-likeness (QED) is 0.626. The third-order valence-corrected chi connectivity index (χ3v) is 4.33. The van der Waals surface area contributed by atoms with Gasteiger partial charge in [0.25, 0.3) is 0 Å². The Kier molecular flexibility index (Phi) is 5.79. The minimum absolute atomic E-state index is 0.0842. The average Bonchev–Trinajstić information content (AvgIpc) is 2.72. The van der Waals surface area contributed by atoms with E-state index < -0.39 is 6.10 Å². The number of ether oxygens (including phenoxy) is 2. The summed E-state index contributed by atoms with van der Waals surface area (Å²) in [5.74, 6) is 1.55. The summed E-state index contributed by atoms with van der Waals surface area (Å²) in [6, 6.07) is 20.0. The normalized spacial score (nSPS) is 12.1. The van der Waals surface area contributed by atoms with E-state index in [0.717, 1.165) is 28.2 Å². The summed E-state index contributed by atoms with van der Waals surface area (Å²) in [6.07, 6.45) is 3.08. The van der Waals surface area contributed by atoms with E-state index in [1.165, 1.54) is 0 Å². The standard InChI is InChI=1S/C23H22O4/c1-26-19-13-17(14-20(15-19)27-2)8-7-16-9-11-18(12-10-16)23(25)21-5-3-4-6-22(21)24/h3-15,23-25H,1-2H3. The molecule has 0 bridgehead atoms. The molecule has 4 nitrogen and oxygen atoms in total. The van der Waals surface area contributed by atoms with Crippen molar-refractivity contribution in [2.24, 2.45) is 0 Å². The molecule has 0 saturated carbocycles. The molecule has 3 aromatic rings. The number of aliphatic hydroxyl groups excluding tert-OH is 1. The molecular formula is C23H22O4. The maximum absolute atomic E-state index is 10.5. The molecule has 0 spiro atoms. The van der Waals surface area contributed by atoms with Gasteiger partial charge < -0.3 is 19.7 Å². The maximum atomic E-state index is 10.5. The Morgan fingerprint density at radius 1 is 0.778 bits per heavy atom. The van der Waals surface area contributed by atoms with Crippen LogP contribution in [0.25, 0.3) is 12.2 Å². The van der Waals surface area contributed by atoms with Gasteiger partial charge in [-0.3, -0.25) is 0 Å². The van der Waals surface area contributed by atoms with Crippen molar-refractivity contribution in [1.29, 1.82) is 0 Å². The third kappa shape index (κ3) is 4.49. The van der Waals surface area contributed by atoms with Crippen LogP contribution in [0, 0.1) is 0 Å². The lowest BCUT2D eigenvalue weighted by Crippen LogP contribution is -1.99. The number of phenols is 1. The Morgan fingerprint density at radius 2 is 1.37 bits per heavy atom. The van der Waals surface area contributed by atoms with Crippen molar-refractivity contribution >= 4 is 12.2 Å². The zero-order chi connectivity index (χ0) is 19.2. The molecule has 0 aliphatic carbocycles. The number of benzene rings is 3. The van der Waals surface area contributed by atoms with E-state index in [4.69, 9.17) is 9.47 Å². The molecule has 4 heteroatoms. The van der Waals surface area contributed by atoms with Crippen molar-refractivity contribution in [3.8, 4) is 17.2 Å². The number of hydrogen-bond acceptors (Lipinski definition) is 4. The van der Waals surface area contributed by atoms with Gasteiger partial charge in [-0.15, -0.1) is 0 Å². The Hall–Kier alpha value is -3.24. The van der Waals surface area contributed by atoms with Crippen LogP contribution in [0.15, 0.2) is 66.7 Å². The van der Waals surface area contributed by atoms with Gasteiger partial charge in [-0.1, -0.05) is 54.6 Å². The van der Waals surface area contributed by atoms with Crippen LogP contribution in [-0.2, 0) is 0 Å². The highest BCUT2D eigenvalue weighted by atomic mass is 16.5. The molecule has 3 aromatic carbocycles. The first-order valence-corrected chi connectivity index (χ1v) is 8.58. The maximum Gasteiger partial charge on any atom is 0.123 e. The molecule has 0 saturated heterocycles. The first-order chi connectivity index (χ1) is 13.1. The fourth-order valence-corrected chi connectivity index (χ4v) is 2.81. The minimum atomic E-state index is -0.869. The van der Waals surface area contributed by atoms with Crippen LogP contribution in [0.2, 0.25) is 0 Å². The van der Waals surface area contributed by atoms with Crippen molar-refractivity contribution in [3.05, 3.63) is 89.0 Å². The number of aliphatic hydroxyl groups is 1. The van der Waals surface area contributed by atoms with Gasteiger partial charge in [0.1, 0.15) is 23.4 Å². The molecule has 1 unspecified atom stereocenters. The first kappa shape index (κ1) is 18.5. The lowest BCUT2D eigenvalue weighted by molar-refractivity contribution is 0.215. The van der Waals surface area contributed by atoms with Gasteiger partial charge >= 0.3 is 0 Å². The Morgan fingerprint density at radius 3 is 1.96 bits per heavy atom. The summed E-state index contributed by atoms with van der Waals surface area (Å²) in [5, 5.41) is 20.4. The summed E-state index contributed by atoms with van der Waals surface area (Å²) in [7, 11) is 3.24. The summed E-state index contributed by atoms with van der Waals surface area (Å²) in [6.45, 7) is 0. The molecular weight excluding hydrogens is 340 g/mol. The summed E-state index contributed by atoms with van der Waals surface area (Å²) < 4.78 is 10.6. The molecule has 138 valence electrons. The summed E-state index contributed by atoms with van der Waals surface area (Å²) >= 11 is 0. The van der Waals surface area contributed by atoms with E-state index in [1.54, 1.807) is 38.5 Å². The lowest BCUT2D eigenvalue weighted by Gasteiger charge is -2.13. The lowest BCUT2D eigenvalue weighted by atomic mass is 9.99. The Bertz CT molecular complexity index is 907. The summed E-state index contributed by atoms with van der Waals surface area (Å²) in [5.41, 5.74) is 3.16. The monoisotopic (exact) mass is 362 g/mol. The first-order valence-electron chi connectivity index (χ1n) is 8.58. The van der Waals surface area contributed by atoms with Gasteiger partial charge in [0.05, 0.1) is 14.2 Å². The molecule has 0 radical (unpaired) electrons. The molecule has 0 heterocycles. The van der Waals surface area contributed by atoms with Gasteiger partial charge in [0.2, 0.25) is 0 Å². The van der Waals surface area contributed by atoms with Crippen LogP contribution in [-0.4, -0.2) is 24.4 Å². The smallest absolute Gasteiger partial charge is 0.123 e. The van der Waals surface area contributed by atoms with E-state index in [0.29, 0.717) is 5.56 Å². The van der Waals surface area contributed by atoms with Gasteiger partial charge in [0, 0.05) is 11.6 Å². The van der Waals surface area contributed by atoms with Crippen LogP contribution in [0.1, 0.15) is 28.4 Å². The zero-order valence-electron chi connectivity index (χ0n) is 15.3. The molecule has 1 atom stereocenters. The van der Waals surface area contributed by atoms with Crippen molar-refractivity contribution < 1.29 is 19.7 Å². The van der Waals surface area contributed by atoms with Crippen LogP contribution in [0.5, 0.6) is 17.2 Å². The highest BCUT2D eigenvalue weighted by molar-refractivity contribution is 5.71. The number of methoxy groups -OCH3 is 2. The van der Waals surface area contributed by atoms with Gasteiger partial charge in [-0.2, -0.15) is 0 Å². The second-order valence-electron chi connectivity index (χ2n) is 6.11. The molecule has 0 amide bonds. The van der Waals surface area contributed by atoms with Crippen LogP contribution >= 0.6 is 0 Å². The number of hydrogen-bond donors (Lipinski definition) is 2. The van der Waals surface area contributed by atoms with E-state index in [1.807, 2.05) is 54.6 Å². The molecule has 3 rings (SSSR count). The Balaban J connectivity index is 1.78. The van der Waals surface area contributed by atoms with Crippen molar-refractivity contribution in [3.63, 3.8) is 0 Å². The molecule has 2 N–H and O–H groups in total. The van der Waals surface area contributed by atoms with Crippen LogP contribution in [0.3, 0.4) is 0 Å². The second-order valence-corrected chi connectivity index (χ2v) is 6.11. The van der Waals surface area contributed by atoms with Crippen molar-refractivity contribution in [2.75, 3.05) is 14.2 Å². The third-order valence-electron chi connectivity index (χ3n) is 4.33. The predicted octanol–water partition coefficient (Wildman–Crippen LogP) is 4.66. The average molecular weight is 362 g/mol. The van der Waals surface area contributed by atoms with Gasteiger partial charge in [0.15, 0.2) is 0 Å². The van der Waals surface area contributed by atoms with E-state index >= 15 is 0 Å². The van der Waals surface area contributed by atoms with Gasteiger partial charge in [-0.05, 0) is 34.9 Å². The molecule has 0 fully saturated rings. The summed E-state index contributed by atoms with van der Waals surface area (Å²) in [4.78, 5) is 0. The largest absolute Gasteiger partial charge is 0.508 e.